The van der Waals surface area contributed by atoms with Gasteiger partial charge in [-0.05, 0) is 75.9 Å². The molecule has 35 heavy (non-hydrogen) atoms. The van der Waals surface area contributed by atoms with Crippen molar-refractivity contribution in [2.24, 2.45) is 0 Å². The van der Waals surface area contributed by atoms with Gasteiger partial charge in [-0.15, -0.1) is 0 Å². The Morgan fingerprint density at radius 3 is 2.49 bits per heavy atom. The molecule has 8 heteroatoms. The van der Waals surface area contributed by atoms with Crippen molar-refractivity contribution in [3.63, 3.8) is 0 Å². The van der Waals surface area contributed by atoms with E-state index in [1.165, 1.54) is 4.90 Å². The lowest BCUT2D eigenvalue weighted by atomic mass is 9.95. The molecule has 1 amide bonds. The molecule has 1 unspecified atom stereocenters. The molecule has 1 aliphatic rings. The minimum Gasteiger partial charge on any atom is -0.507 e. The molecule has 3 rings (SSSR count). The molecule has 0 aromatic heterocycles. The molecule has 1 saturated heterocycles. The van der Waals surface area contributed by atoms with Crippen molar-refractivity contribution in [2.75, 3.05) is 40.4 Å². The predicted molar refractivity (Wildman–Crippen MR) is 137 cm³/mol. The first kappa shape index (κ1) is 26.3. The molecule has 0 radical (unpaired) electrons. The number of ether oxygens (including phenoxy) is 2. The summed E-state index contributed by atoms with van der Waals surface area (Å²) in [7, 11) is 3.89. The number of likely N-dealkylation sites (tertiary alicyclic amines) is 1. The van der Waals surface area contributed by atoms with Crippen LogP contribution in [0.25, 0.3) is 5.76 Å². The molecule has 0 aliphatic carbocycles. The normalized spacial score (nSPS) is 17.2. The molecule has 2 aromatic rings. The fraction of sp³-hybridized carbons (Fsp3) is 0.333. The quantitative estimate of drug-likeness (QED) is 0.210. The van der Waals surface area contributed by atoms with Crippen LogP contribution in [0.4, 0.5) is 0 Å². The molecule has 0 saturated carbocycles. The average molecular weight is 499 g/mol. The Kier molecular flexibility index (Phi) is 8.95. The lowest BCUT2D eigenvalue weighted by molar-refractivity contribution is -0.139. The van der Waals surface area contributed by atoms with Gasteiger partial charge in [-0.3, -0.25) is 9.59 Å². The number of hydrogen-bond donors (Lipinski definition) is 1. The molecule has 1 atom stereocenters. The molecule has 7 nitrogen and oxygen atoms in total. The second-order valence-corrected chi connectivity index (χ2v) is 8.83. The third-order valence-corrected chi connectivity index (χ3v) is 5.85. The molecule has 1 fully saturated rings. The maximum absolute atomic E-state index is 13.2. The highest BCUT2D eigenvalue weighted by atomic mass is 35.5. The second-order valence-electron chi connectivity index (χ2n) is 8.40. The maximum atomic E-state index is 13.2. The number of aliphatic hydroxyl groups excluding tert-OH is 1. The number of ketones is 1. The SMILES string of the molecule is C=CCOc1ccc(C2/C(=C(\O)c3ccc(Cl)cc3)C(=O)C(=O)N2CCCN(C)C)cc1OCC. The van der Waals surface area contributed by atoms with Gasteiger partial charge in [0.15, 0.2) is 11.5 Å². The van der Waals surface area contributed by atoms with E-state index in [-0.39, 0.29) is 11.3 Å². The van der Waals surface area contributed by atoms with Gasteiger partial charge in [-0.25, -0.2) is 0 Å². The standard InChI is InChI=1S/C27H31ClN2O5/c1-5-16-35-21-13-10-19(17-22(21)34-6-2)24-23(25(31)18-8-11-20(28)12-9-18)26(32)27(33)30(24)15-7-14-29(3)4/h5,8-13,17,24,31H,1,6-7,14-16H2,2-4H3/b25-23+. The van der Waals surface area contributed by atoms with E-state index < -0.39 is 17.7 Å². The van der Waals surface area contributed by atoms with Crippen molar-refractivity contribution in [3.05, 3.63) is 76.8 Å². The Morgan fingerprint density at radius 1 is 1.14 bits per heavy atom. The van der Waals surface area contributed by atoms with Crippen molar-refractivity contribution >= 4 is 29.1 Å². The zero-order valence-corrected chi connectivity index (χ0v) is 21.0. The largest absolute Gasteiger partial charge is 0.507 e. The van der Waals surface area contributed by atoms with Crippen molar-refractivity contribution in [1.82, 2.24) is 9.80 Å². The van der Waals surface area contributed by atoms with Crippen LogP contribution in [0.1, 0.15) is 30.5 Å². The van der Waals surface area contributed by atoms with Gasteiger partial charge in [0, 0.05) is 17.1 Å². The van der Waals surface area contributed by atoms with Crippen LogP contribution in [0.3, 0.4) is 0 Å². The van der Waals surface area contributed by atoms with Crippen molar-refractivity contribution in [2.45, 2.75) is 19.4 Å². The Labute approximate surface area is 211 Å². The Morgan fingerprint density at radius 2 is 1.86 bits per heavy atom. The molecule has 1 aliphatic heterocycles. The topological polar surface area (TPSA) is 79.3 Å². The number of amides is 1. The summed E-state index contributed by atoms with van der Waals surface area (Å²) >= 11 is 5.99. The van der Waals surface area contributed by atoms with E-state index in [0.29, 0.717) is 53.8 Å². The van der Waals surface area contributed by atoms with Gasteiger partial charge in [0.2, 0.25) is 0 Å². The van der Waals surface area contributed by atoms with Crippen molar-refractivity contribution < 1.29 is 24.2 Å². The van der Waals surface area contributed by atoms with Crippen molar-refractivity contribution in [1.29, 1.82) is 0 Å². The van der Waals surface area contributed by atoms with Gasteiger partial charge >= 0.3 is 0 Å². The summed E-state index contributed by atoms with van der Waals surface area (Å²) in [6, 6.07) is 11.0. The minimum absolute atomic E-state index is 0.0318. The number of halogens is 1. The molecule has 0 spiro atoms. The Hall–Kier alpha value is -3.29. The number of nitrogens with zero attached hydrogens (tertiary/aromatic N) is 2. The van der Waals surface area contributed by atoms with E-state index in [9.17, 15) is 14.7 Å². The zero-order valence-electron chi connectivity index (χ0n) is 20.3. The summed E-state index contributed by atoms with van der Waals surface area (Å²) in [5, 5.41) is 11.7. The van der Waals surface area contributed by atoms with Gasteiger partial charge in [0.25, 0.3) is 11.7 Å². The number of rotatable bonds is 11. The number of Topliss-reactive ketones (excluding diaryl/α,β-unsaturated/α-hetero) is 1. The first-order valence-electron chi connectivity index (χ1n) is 11.5. The highest BCUT2D eigenvalue weighted by Crippen LogP contribution is 2.42. The van der Waals surface area contributed by atoms with Gasteiger partial charge in [-0.2, -0.15) is 0 Å². The monoisotopic (exact) mass is 498 g/mol. The van der Waals surface area contributed by atoms with Crippen LogP contribution in [-0.4, -0.2) is 67.0 Å². The van der Waals surface area contributed by atoms with Crippen LogP contribution >= 0.6 is 11.6 Å². The predicted octanol–water partition coefficient (Wildman–Crippen LogP) is 4.68. The summed E-state index contributed by atoms with van der Waals surface area (Å²) in [4.78, 5) is 29.8. The molecule has 2 aromatic carbocycles. The molecule has 0 bridgehead atoms. The van der Waals surface area contributed by atoms with Crippen LogP contribution in [0.15, 0.2) is 60.7 Å². The molecular weight excluding hydrogens is 468 g/mol. The highest BCUT2D eigenvalue weighted by Gasteiger charge is 2.46. The van der Waals surface area contributed by atoms with Gasteiger partial charge in [-0.1, -0.05) is 30.3 Å². The third kappa shape index (κ3) is 6.05. The first-order chi connectivity index (χ1) is 16.8. The number of benzene rings is 2. The fourth-order valence-electron chi connectivity index (χ4n) is 4.01. The molecule has 1 N–H and O–H groups in total. The van der Waals surface area contributed by atoms with E-state index in [1.807, 2.05) is 25.9 Å². The summed E-state index contributed by atoms with van der Waals surface area (Å²) < 4.78 is 11.5. The lowest BCUT2D eigenvalue weighted by Crippen LogP contribution is -2.32. The third-order valence-electron chi connectivity index (χ3n) is 5.60. The van der Waals surface area contributed by atoms with Crippen LogP contribution in [0.5, 0.6) is 11.5 Å². The van der Waals surface area contributed by atoms with Crippen LogP contribution in [0, 0.1) is 0 Å². The Balaban J connectivity index is 2.12. The summed E-state index contributed by atoms with van der Waals surface area (Å²) in [5.41, 5.74) is 1.07. The average Bonchev–Trinajstić information content (AvgIpc) is 3.08. The highest BCUT2D eigenvalue weighted by molar-refractivity contribution is 6.46. The number of hydrogen-bond acceptors (Lipinski definition) is 6. The van der Waals surface area contributed by atoms with E-state index in [2.05, 4.69) is 6.58 Å². The van der Waals surface area contributed by atoms with Crippen LogP contribution in [-0.2, 0) is 9.59 Å². The second kappa shape index (κ2) is 11.9. The van der Waals surface area contributed by atoms with E-state index in [1.54, 1.807) is 48.5 Å². The van der Waals surface area contributed by atoms with Gasteiger partial charge in [0.05, 0.1) is 18.2 Å². The van der Waals surface area contributed by atoms with Crippen LogP contribution < -0.4 is 9.47 Å². The summed E-state index contributed by atoms with van der Waals surface area (Å²) in [6.07, 6.45) is 2.30. The Bertz CT molecular complexity index is 1110. The number of carbonyl (C=O) groups excluding carboxylic acids is 2. The molecule has 186 valence electrons. The smallest absolute Gasteiger partial charge is 0.295 e. The zero-order chi connectivity index (χ0) is 25.5. The first-order valence-corrected chi connectivity index (χ1v) is 11.9. The lowest BCUT2D eigenvalue weighted by Gasteiger charge is -2.26. The van der Waals surface area contributed by atoms with E-state index in [0.717, 1.165) is 6.54 Å². The molecule has 1 heterocycles. The van der Waals surface area contributed by atoms with E-state index >= 15 is 0 Å². The van der Waals surface area contributed by atoms with E-state index in [4.69, 9.17) is 21.1 Å². The van der Waals surface area contributed by atoms with Crippen molar-refractivity contribution in [3.8, 4) is 11.5 Å². The van der Waals surface area contributed by atoms with Crippen LogP contribution in [0.2, 0.25) is 5.02 Å². The summed E-state index contributed by atoms with van der Waals surface area (Å²) in [6.45, 7) is 7.33. The number of carbonyl (C=O) groups is 2. The molecular formula is C27H31ClN2O5. The summed E-state index contributed by atoms with van der Waals surface area (Å²) in [5.74, 6) is -0.605. The fourth-order valence-corrected chi connectivity index (χ4v) is 4.13. The minimum atomic E-state index is -0.777. The number of aliphatic hydroxyl groups is 1. The maximum Gasteiger partial charge on any atom is 0.295 e. The van der Waals surface area contributed by atoms with Gasteiger partial charge < -0.3 is 24.4 Å². The van der Waals surface area contributed by atoms with Gasteiger partial charge in [0.1, 0.15) is 12.4 Å².